The van der Waals surface area contributed by atoms with Crippen LogP contribution in [0.1, 0.15) is 32.4 Å². The molecule has 0 amide bonds. The largest absolute Gasteiger partial charge is 0.496 e. The van der Waals surface area contributed by atoms with Gasteiger partial charge in [-0.05, 0) is 30.7 Å². The normalized spacial score (nSPS) is 12.9. The summed E-state index contributed by atoms with van der Waals surface area (Å²) >= 11 is 0. The van der Waals surface area contributed by atoms with E-state index in [-0.39, 0.29) is 11.1 Å². The fourth-order valence-electron chi connectivity index (χ4n) is 2.63. The molecule has 2 atom stereocenters. The molecule has 0 fully saturated rings. The van der Waals surface area contributed by atoms with Gasteiger partial charge in [0.25, 0.3) is 0 Å². The Morgan fingerprint density at radius 2 is 1.65 bits per heavy atom. The van der Waals surface area contributed by atoms with Crippen molar-refractivity contribution in [3.63, 3.8) is 0 Å². The molecule has 7 nitrogen and oxygen atoms in total. The highest BCUT2D eigenvalue weighted by atomic mass is 16.6. The van der Waals surface area contributed by atoms with Crippen molar-refractivity contribution >= 4 is 22.9 Å². The van der Waals surface area contributed by atoms with Crippen LogP contribution in [0.2, 0.25) is 0 Å². The Morgan fingerprint density at radius 1 is 1.04 bits per heavy atom. The van der Waals surface area contributed by atoms with E-state index in [1.54, 1.807) is 25.1 Å². The molecule has 2 aromatic rings. The molecule has 1 aromatic carbocycles. The maximum Gasteiger partial charge on any atom is 0.336 e. The first-order valence-corrected chi connectivity index (χ1v) is 7.85. The second kappa shape index (κ2) is 7.86. The number of hydrogen-bond donors (Lipinski definition) is 0. The van der Waals surface area contributed by atoms with Gasteiger partial charge in [0.1, 0.15) is 11.3 Å². The van der Waals surface area contributed by atoms with Gasteiger partial charge in [-0.3, -0.25) is 9.59 Å². The third-order valence-corrected chi connectivity index (χ3v) is 3.64. The van der Waals surface area contributed by atoms with E-state index < -0.39 is 29.8 Å². The number of esters is 2. The van der Waals surface area contributed by atoms with Gasteiger partial charge in [-0.25, -0.2) is 4.79 Å². The summed E-state index contributed by atoms with van der Waals surface area (Å²) in [5.74, 6) is -0.863. The molecule has 1 heterocycles. The molecule has 7 heteroatoms. The van der Waals surface area contributed by atoms with Crippen molar-refractivity contribution in [2.45, 2.75) is 33.0 Å². The minimum atomic E-state index is -1.10. The summed E-state index contributed by atoms with van der Waals surface area (Å²) in [6.45, 7) is 7.91. The van der Waals surface area contributed by atoms with Gasteiger partial charge in [0.2, 0.25) is 0 Å². The van der Waals surface area contributed by atoms with E-state index in [4.69, 9.17) is 18.6 Å². The lowest BCUT2D eigenvalue weighted by Gasteiger charge is -2.28. The molecular weight excluding hydrogens is 340 g/mol. The monoisotopic (exact) mass is 360 g/mol. The van der Waals surface area contributed by atoms with Crippen LogP contribution in [-0.2, 0) is 19.1 Å². The van der Waals surface area contributed by atoms with E-state index in [2.05, 4.69) is 6.58 Å². The maximum atomic E-state index is 11.7. The third-order valence-electron chi connectivity index (χ3n) is 3.64. The molecule has 26 heavy (non-hydrogen) atoms. The average molecular weight is 360 g/mol. The van der Waals surface area contributed by atoms with Gasteiger partial charge in [0.05, 0.1) is 12.7 Å². The Kier molecular flexibility index (Phi) is 5.82. The van der Waals surface area contributed by atoms with E-state index in [0.717, 1.165) is 0 Å². The van der Waals surface area contributed by atoms with Crippen molar-refractivity contribution in [2.75, 3.05) is 7.11 Å². The molecule has 0 spiro atoms. The summed E-state index contributed by atoms with van der Waals surface area (Å²) in [4.78, 5) is 35.0. The summed E-state index contributed by atoms with van der Waals surface area (Å²) < 4.78 is 21.5. The highest BCUT2D eigenvalue weighted by molar-refractivity contribution is 5.83. The predicted molar refractivity (Wildman–Crippen MR) is 93.9 cm³/mol. The number of benzene rings is 1. The highest BCUT2D eigenvalue weighted by Gasteiger charge is 2.34. The molecule has 0 unspecified atom stereocenters. The molecule has 138 valence electrons. The van der Waals surface area contributed by atoms with Crippen molar-refractivity contribution in [1.29, 1.82) is 0 Å². The van der Waals surface area contributed by atoms with Crippen LogP contribution in [0.3, 0.4) is 0 Å². The van der Waals surface area contributed by atoms with E-state index in [9.17, 15) is 14.4 Å². The SMILES string of the molecule is C=C(C)[C@@H](OC(C)=O)[C@H](OC(C)=O)c1c(OC)ccc2ccc(=O)oc12. The molecule has 0 radical (unpaired) electrons. The molecule has 2 rings (SSSR count). The van der Waals surface area contributed by atoms with E-state index in [1.165, 1.54) is 27.0 Å². The van der Waals surface area contributed by atoms with Crippen LogP contribution in [0.5, 0.6) is 5.75 Å². The second-order valence-electron chi connectivity index (χ2n) is 5.76. The zero-order valence-corrected chi connectivity index (χ0v) is 15.0. The van der Waals surface area contributed by atoms with Crippen molar-refractivity contribution in [3.05, 3.63) is 52.4 Å². The summed E-state index contributed by atoms with van der Waals surface area (Å²) in [5, 5.41) is 0.598. The first-order valence-electron chi connectivity index (χ1n) is 7.85. The van der Waals surface area contributed by atoms with Gasteiger partial charge in [-0.15, -0.1) is 0 Å². The standard InChI is InChI=1S/C19H20O7/c1-10(2)17(24-11(3)20)19(25-12(4)21)16-14(23-5)8-6-13-7-9-15(22)26-18(13)16/h6-9,17,19H,1H2,2-5H3/t17-,19-/m1/s1. The van der Waals surface area contributed by atoms with Crippen LogP contribution >= 0.6 is 0 Å². The van der Waals surface area contributed by atoms with Crippen molar-refractivity contribution in [1.82, 2.24) is 0 Å². The molecule has 0 aliphatic rings. The Balaban J connectivity index is 2.79. The zero-order chi connectivity index (χ0) is 19.4. The molecule has 0 bridgehead atoms. The van der Waals surface area contributed by atoms with Crippen molar-refractivity contribution < 1.29 is 28.2 Å². The fourth-order valence-corrected chi connectivity index (χ4v) is 2.63. The lowest BCUT2D eigenvalue weighted by Crippen LogP contribution is -2.29. The maximum absolute atomic E-state index is 11.7. The molecular formula is C19H20O7. The Labute approximate surface area is 150 Å². The van der Waals surface area contributed by atoms with Crippen LogP contribution in [-0.4, -0.2) is 25.2 Å². The van der Waals surface area contributed by atoms with E-state index in [1.807, 2.05) is 0 Å². The minimum Gasteiger partial charge on any atom is -0.496 e. The molecule has 0 saturated heterocycles. The highest BCUT2D eigenvalue weighted by Crippen LogP contribution is 2.38. The van der Waals surface area contributed by atoms with Crippen LogP contribution in [0.4, 0.5) is 0 Å². The zero-order valence-electron chi connectivity index (χ0n) is 15.0. The Bertz CT molecular complexity index is 910. The summed E-state index contributed by atoms with van der Waals surface area (Å²) in [7, 11) is 1.43. The quantitative estimate of drug-likeness (QED) is 0.444. The van der Waals surface area contributed by atoms with Crippen LogP contribution in [0.15, 0.2) is 45.6 Å². The Morgan fingerprint density at radius 3 is 2.19 bits per heavy atom. The van der Waals surface area contributed by atoms with Gasteiger partial charge in [0, 0.05) is 25.3 Å². The first-order chi connectivity index (χ1) is 12.2. The average Bonchev–Trinajstić information content (AvgIpc) is 2.56. The first kappa shape index (κ1) is 19.2. The van der Waals surface area contributed by atoms with Crippen molar-refractivity contribution in [2.24, 2.45) is 0 Å². The summed E-state index contributed by atoms with van der Waals surface area (Å²) in [6, 6.07) is 6.21. The van der Waals surface area contributed by atoms with Crippen LogP contribution < -0.4 is 10.4 Å². The van der Waals surface area contributed by atoms with Gasteiger partial charge >= 0.3 is 17.6 Å². The number of carbonyl (C=O) groups excluding carboxylic acids is 2. The molecule has 0 aliphatic carbocycles. The molecule has 0 saturated carbocycles. The predicted octanol–water partition coefficient (Wildman–Crippen LogP) is 2.91. The lowest BCUT2D eigenvalue weighted by molar-refractivity contribution is -0.163. The number of carbonyl (C=O) groups is 2. The van der Waals surface area contributed by atoms with Gasteiger partial charge in [-0.1, -0.05) is 6.58 Å². The van der Waals surface area contributed by atoms with E-state index in [0.29, 0.717) is 16.7 Å². The topological polar surface area (TPSA) is 92.0 Å². The van der Waals surface area contributed by atoms with Crippen LogP contribution in [0.25, 0.3) is 11.0 Å². The minimum absolute atomic E-state index is 0.182. The second-order valence-corrected chi connectivity index (χ2v) is 5.76. The van der Waals surface area contributed by atoms with Crippen LogP contribution in [0, 0.1) is 0 Å². The number of methoxy groups -OCH3 is 1. The lowest BCUT2D eigenvalue weighted by atomic mass is 9.96. The van der Waals surface area contributed by atoms with E-state index >= 15 is 0 Å². The summed E-state index contributed by atoms with van der Waals surface area (Å²) in [6.07, 6.45) is -2.08. The number of fused-ring (bicyclic) bond motifs is 1. The van der Waals surface area contributed by atoms with Gasteiger partial charge in [-0.2, -0.15) is 0 Å². The number of rotatable bonds is 6. The molecule has 0 aliphatic heterocycles. The molecule has 1 aromatic heterocycles. The fraction of sp³-hybridized carbons (Fsp3) is 0.316. The number of ether oxygens (including phenoxy) is 3. The third kappa shape index (κ3) is 4.11. The smallest absolute Gasteiger partial charge is 0.336 e. The Hall–Kier alpha value is -3.09. The van der Waals surface area contributed by atoms with Gasteiger partial charge in [0.15, 0.2) is 12.2 Å². The summed E-state index contributed by atoms with van der Waals surface area (Å²) in [5.41, 5.74) is 0.338. The van der Waals surface area contributed by atoms with Gasteiger partial charge < -0.3 is 18.6 Å². The molecule has 0 N–H and O–H groups in total. The number of hydrogen-bond acceptors (Lipinski definition) is 7. The van der Waals surface area contributed by atoms with Crippen molar-refractivity contribution in [3.8, 4) is 5.75 Å².